The molecular formula is C22H28N2OS. The van der Waals surface area contributed by atoms with Gasteiger partial charge in [-0.05, 0) is 44.5 Å². The number of hydrogen-bond donors (Lipinski definition) is 0. The number of piperazine rings is 1. The molecule has 3 rings (SSSR count). The van der Waals surface area contributed by atoms with Crippen LogP contribution in [0.2, 0.25) is 0 Å². The molecule has 0 spiro atoms. The molecule has 1 heterocycles. The van der Waals surface area contributed by atoms with Crippen LogP contribution in [0.5, 0.6) is 0 Å². The summed E-state index contributed by atoms with van der Waals surface area (Å²) >= 11 is 1.87. The summed E-state index contributed by atoms with van der Waals surface area (Å²) in [6.07, 6.45) is 1.63. The molecule has 2 aromatic carbocycles. The maximum atomic E-state index is 5.51. The lowest BCUT2D eigenvalue weighted by Gasteiger charge is -2.39. The van der Waals surface area contributed by atoms with Crippen molar-refractivity contribution in [3.05, 3.63) is 66.4 Å². The van der Waals surface area contributed by atoms with Gasteiger partial charge in [-0.3, -0.25) is 4.90 Å². The first kappa shape index (κ1) is 18.9. The zero-order valence-electron chi connectivity index (χ0n) is 15.9. The summed E-state index contributed by atoms with van der Waals surface area (Å²) in [7, 11) is 0. The standard InChI is InChI=1S/C22H28N2OS/c1-5-25-19(4)23-12-14-24(15-13-23)20-8-6-7-9-22(20)26-21-11-10-17(2)16-18(21)3/h5-11,16,19H,1,12-15H2,2-4H3. The highest BCUT2D eigenvalue weighted by Gasteiger charge is 2.23. The van der Waals surface area contributed by atoms with Gasteiger partial charge in [-0.25, -0.2) is 0 Å². The molecule has 1 atom stereocenters. The number of nitrogens with zero attached hydrogens (tertiary/aromatic N) is 2. The van der Waals surface area contributed by atoms with E-state index in [9.17, 15) is 0 Å². The van der Waals surface area contributed by atoms with Gasteiger partial charge in [0.2, 0.25) is 0 Å². The lowest BCUT2D eigenvalue weighted by Crippen LogP contribution is -2.50. The summed E-state index contributed by atoms with van der Waals surface area (Å²) in [5, 5.41) is 0. The van der Waals surface area contributed by atoms with E-state index in [2.05, 4.69) is 79.6 Å². The normalized spacial score (nSPS) is 16.3. The summed E-state index contributed by atoms with van der Waals surface area (Å²) in [6.45, 7) is 14.1. The Bertz CT molecular complexity index is 754. The predicted molar refractivity (Wildman–Crippen MR) is 111 cm³/mol. The van der Waals surface area contributed by atoms with E-state index in [1.807, 2.05) is 11.8 Å². The van der Waals surface area contributed by atoms with Gasteiger partial charge in [-0.15, -0.1) is 0 Å². The largest absolute Gasteiger partial charge is 0.484 e. The molecule has 0 amide bonds. The number of ether oxygens (including phenoxy) is 1. The highest BCUT2D eigenvalue weighted by atomic mass is 32.2. The number of hydrogen-bond acceptors (Lipinski definition) is 4. The van der Waals surface area contributed by atoms with E-state index in [0.29, 0.717) is 0 Å². The van der Waals surface area contributed by atoms with Crippen LogP contribution in [0.15, 0.2) is 65.1 Å². The fraction of sp³-hybridized carbons (Fsp3) is 0.364. The van der Waals surface area contributed by atoms with Crippen LogP contribution in [0, 0.1) is 13.8 Å². The molecule has 0 aliphatic carbocycles. The molecule has 0 radical (unpaired) electrons. The smallest absolute Gasteiger partial charge is 0.149 e. The predicted octanol–water partition coefficient (Wildman–Crippen LogP) is 5.08. The zero-order valence-corrected chi connectivity index (χ0v) is 16.8. The minimum Gasteiger partial charge on any atom is -0.484 e. The maximum absolute atomic E-state index is 5.51. The van der Waals surface area contributed by atoms with Crippen molar-refractivity contribution in [1.82, 2.24) is 4.90 Å². The first-order valence-corrected chi connectivity index (χ1v) is 9.99. The minimum atomic E-state index is 0.0921. The second kappa shape index (κ2) is 8.65. The monoisotopic (exact) mass is 368 g/mol. The molecular weight excluding hydrogens is 340 g/mol. The average molecular weight is 369 g/mol. The van der Waals surface area contributed by atoms with E-state index < -0.39 is 0 Å². The van der Waals surface area contributed by atoms with Crippen LogP contribution >= 0.6 is 11.8 Å². The van der Waals surface area contributed by atoms with Crippen molar-refractivity contribution in [2.45, 2.75) is 36.8 Å². The highest BCUT2D eigenvalue weighted by molar-refractivity contribution is 7.99. The van der Waals surface area contributed by atoms with E-state index in [1.54, 1.807) is 0 Å². The van der Waals surface area contributed by atoms with Crippen molar-refractivity contribution >= 4 is 17.4 Å². The fourth-order valence-electron chi connectivity index (χ4n) is 3.39. The SMILES string of the molecule is C=COC(C)N1CCN(c2ccccc2Sc2ccc(C)cc2C)CC1. The summed E-state index contributed by atoms with van der Waals surface area (Å²) in [4.78, 5) is 7.50. The van der Waals surface area contributed by atoms with Crippen LogP contribution < -0.4 is 4.90 Å². The quantitative estimate of drug-likeness (QED) is 0.660. The van der Waals surface area contributed by atoms with Gasteiger partial charge in [0, 0.05) is 36.0 Å². The molecule has 1 aliphatic rings. The summed E-state index contributed by atoms with van der Waals surface area (Å²) in [6, 6.07) is 15.4. The molecule has 26 heavy (non-hydrogen) atoms. The van der Waals surface area contributed by atoms with Crippen molar-refractivity contribution in [3.8, 4) is 0 Å². The number of rotatable bonds is 6. The van der Waals surface area contributed by atoms with Gasteiger partial charge in [0.25, 0.3) is 0 Å². The van der Waals surface area contributed by atoms with Gasteiger partial charge < -0.3 is 9.64 Å². The summed E-state index contributed by atoms with van der Waals surface area (Å²) in [5.41, 5.74) is 3.98. The Hall–Kier alpha value is -1.91. The minimum absolute atomic E-state index is 0.0921. The van der Waals surface area contributed by atoms with E-state index in [1.165, 1.54) is 32.9 Å². The molecule has 1 fully saturated rings. The van der Waals surface area contributed by atoms with Gasteiger partial charge in [0.05, 0.1) is 11.9 Å². The van der Waals surface area contributed by atoms with E-state index in [0.717, 1.165) is 26.2 Å². The van der Waals surface area contributed by atoms with Crippen molar-refractivity contribution in [2.24, 2.45) is 0 Å². The van der Waals surface area contributed by atoms with Gasteiger partial charge in [-0.1, -0.05) is 48.2 Å². The van der Waals surface area contributed by atoms with Crippen LogP contribution in [0.3, 0.4) is 0 Å². The van der Waals surface area contributed by atoms with Gasteiger partial charge in [0.15, 0.2) is 0 Å². The second-order valence-electron chi connectivity index (χ2n) is 6.76. The third-order valence-electron chi connectivity index (χ3n) is 4.88. The van der Waals surface area contributed by atoms with E-state index >= 15 is 0 Å². The molecule has 3 nitrogen and oxygen atoms in total. The van der Waals surface area contributed by atoms with Crippen LogP contribution in [-0.2, 0) is 4.74 Å². The molecule has 0 aromatic heterocycles. The number of aryl methyl sites for hydroxylation is 2. The van der Waals surface area contributed by atoms with Crippen molar-refractivity contribution in [1.29, 1.82) is 0 Å². The first-order chi connectivity index (χ1) is 12.6. The lowest BCUT2D eigenvalue weighted by molar-refractivity contribution is 0.00280. The number of anilines is 1. The molecule has 138 valence electrons. The maximum Gasteiger partial charge on any atom is 0.149 e. The third kappa shape index (κ3) is 4.43. The molecule has 0 bridgehead atoms. The van der Waals surface area contributed by atoms with Crippen molar-refractivity contribution < 1.29 is 4.74 Å². The Kier molecular flexibility index (Phi) is 6.28. The fourth-order valence-corrected chi connectivity index (χ4v) is 4.43. The number of para-hydroxylation sites is 1. The molecule has 1 unspecified atom stereocenters. The Labute approximate surface area is 161 Å². The highest BCUT2D eigenvalue weighted by Crippen LogP contribution is 2.37. The Morgan fingerprint density at radius 1 is 1.04 bits per heavy atom. The van der Waals surface area contributed by atoms with Crippen LogP contribution in [0.25, 0.3) is 0 Å². The molecule has 0 N–H and O–H groups in total. The van der Waals surface area contributed by atoms with E-state index in [-0.39, 0.29) is 6.23 Å². The summed E-state index contributed by atoms with van der Waals surface area (Å²) in [5.74, 6) is 0. The zero-order chi connectivity index (χ0) is 18.5. The van der Waals surface area contributed by atoms with Crippen molar-refractivity contribution in [3.63, 3.8) is 0 Å². The Morgan fingerprint density at radius 2 is 1.77 bits per heavy atom. The van der Waals surface area contributed by atoms with Crippen LogP contribution in [0.4, 0.5) is 5.69 Å². The van der Waals surface area contributed by atoms with Gasteiger partial charge in [-0.2, -0.15) is 0 Å². The lowest BCUT2D eigenvalue weighted by atomic mass is 10.2. The van der Waals surface area contributed by atoms with Crippen LogP contribution in [-0.4, -0.2) is 37.3 Å². The third-order valence-corrected chi connectivity index (χ3v) is 6.12. The average Bonchev–Trinajstić information content (AvgIpc) is 2.65. The van der Waals surface area contributed by atoms with Crippen LogP contribution in [0.1, 0.15) is 18.1 Å². The molecule has 1 aliphatic heterocycles. The topological polar surface area (TPSA) is 15.7 Å². The first-order valence-electron chi connectivity index (χ1n) is 9.18. The Morgan fingerprint density at radius 3 is 2.46 bits per heavy atom. The van der Waals surface area contributed by atoms with Gasteiger partial charge in [0.1, 0.15) is 6.23 Å². The summed E-state index contributed by atoms with van der Waals surface area (Å²) < 4.78 is 5.51. The van der Waals surface area contributed by atoms with Crippen molar-refractivity contribution in [2.75, 3.05) is 31.1 Å². The molecule has 4 heteroatoms. The molecule has 0 saturated carbocycles. The van der Waals surface area contributed by atoms with Gasteiger partial charge >= 0.3 is 0 Å². The second-order valence-corrected chi connectivity index (χ2v) is 7.85. The Balaban J connectivity index is 1.73. The van der Waals surface area contributed by atoms with E-state index in [4.69, 9.17) is 4.74 Å². The molecule has 2 aromatic rings. The molecule has 1 saturated heterocycles. The number of benzene rings is 2.